The Balaban J connectivity index is 2.33. The molecular weight excluding hydrogens is 312 g/mol. The zero-order valence-electron chi connectivity index (χ0n) is 13.8. The Morgan fingerprint density at radius 1 is 0.833 bits per heavy atom. The second kappa shape index (κ2) is 10.1. The number of rotatable bonds is 10. The zero-order chi connectivity index (χ0) is 17.9. The molecule has 0 heterocycles. The average Bonchev–Trinajstić information content (AvgIpc) is 2.56. The number of hydrogen-bond donors (Lipinski definition) is 2. The minimum atomic E-state index is -0.926. The van der Waals surface area contributed by atoms with E-state index in [0.717, 1.165) is 0 Å². The van der Waals surface area contributed by atoms with Crippen LogP contribution < -0.4 is 9.47 Å². The monoisotopic (exact) mass is 334 g/mol. The molecule has 0 atom stereocenters. The molecule has 0 aromatic heterocycles. The first kappa shape index (κ1) is 19.3. The molecule has 0 fully saturated rings. The zero-order valence-corrected chi connectivity index (χ0v) is 13.8. The standard InChI is InChI=1S/C18H22O6/c1-13(17(19)20)5-3-11-23-15-7-9-16(10-8-15)24-12-4-6-14(2)18(21)22/h5-10H,3-4,11-12H2,1-2H3,(H,19,20)(H,21,22). The first-order valence-electron chi connectivity index (χ1n) is 7.56. The van der Waals surface area contributed by atoms with Gasteiger partial charge in [-0.3, -0.25) is 0 Å². The van der Waals surface area contributed by atoms with E-state index < -0.39 is 11.9 Å². The van der Waals surface area contributed by atoms with Crippen molar-refractivity contribution in [3.05, 3.63) is 47.6 Å². The van der Waals surface area contributed by atoms with Gasteiger partial charge >= 0.3 is 11.9 Å². The average molecular weight is 334 g/mol. The van der Waals surface area contributed by atoms with Gasteiger partial charge in [-0.15, -0.1) is 0 Å². The van der Waals surface area contributed by atoms with E-state index in [1.54, 1.807) is 50.3 Å². The summed E-state index contributed by atoms with van der Waals surface area (Å²) in [6.45, 7) is 3.87. The molecule has 1 aromatic rings. The predicted octanol–water partition coefficient (Wildman–Crippen LogP) is 3.29. The maximum atomic E-state index is 10.6. The number of aliphatic carboxylic acids is 2. The SMILES string of the molecule is CC(=CCCOc1ccc(OCCC=C(C)C(=O)O)cc1)C(=O)O. The van der Waals surface area contributed by atoms with Crippen LogP contribution in [-0.4, -0.2) is 35.4 Å². The fraction of sp³-hybridized carbons (Fsp3) is 0.333. The van der Waals surface area contributed by atoms with Gasteiger partial charge in [0.2, 0.25) is 0 Å². The molecule has 0 aliphatic heterocycles. The van der Waals surface area contributed by atoms with Gasteiger partial charge in [-0.1, -0.05) is 12.2 Å². The molecule has 0 saturated heterocycles. The van der Waals surface area contributed by atoms with E-state index in [9.17, 15) is 9.59 Å². The molecule has 0 radical (unpaired) electrons. The summed E-state index contributed by atoms with van der Waals surface area (Å²) < 4.78 is 11.0. The minimum absolute atomic E-state index is 0.300. The first-order valence-corrected chi connectivity index (χ1v) is 7.56. The quantitative estimate of drug-likeness (QED) is 0.504. The van der Waals surface area contributed by atoms with Crippen molar-refractivity contribution in [2.24, 2.45) is 0 Å². The van der Waals surface area contributed by atoms with E-state index in [4.69, 9.17) is 19.7 Å². The van der Waals surface area contributed by atoms with Gasteiger partial charge in [0.1, 0.15) is 11.5 Å². The van der Waals surface area contributed by atoms with Gasteiger partial charge in [-0.2, -0.15) is 0 Å². The number of hydrogen-bond acceptors (Lipinski definition) is 4. The van der Waals surface area contributed by atoms with Crippen LogP contribution in [0.1, 0.15) is 26.7 Å². The summed E-state index contributed by atoms with van der Waals surface area (Å²) in [4.78, 5) is 21.2. The molecular formula is C18H22O6. The summed E-state index contributed by atoms with van der Waals surface area (Å²) >= 11 is 0. The largest absolute Gasteiger partial charge is 0.493 e. The summed E-state index contributed by atoms with van der Waals surface area (Å²) in [6, 6.07) is 7.06. The van der Waals surface area contributed by atoms with Gasteiger partial charge in [0.15, 0.2) is 0 Å². The van der Waals surface area contributed by atoms with E-state index in [1.807, 2.05) is 0 Å². The van der Waals surface area contributed by atoms with Gasteiger partial charge in [0.05, 0.1) is 13.2 Å². The number of carbonyl (C=O) groups is 2. The van der Waals surface area contributed by atoms with Crippen LogP contribution in [-0.2, 0) is 9.59 Å². The van der Waals surface area contributed by atoms with Crippen LogP contribution in [0.4, 0.5) is 0 Å². The van der Waals surface area contributed by atoms with Crippen LogP contribution in [0.25, 0.3) is 0 Å². The molecule has 130 valence electrons. The Morgan fingerprint density at radius 3 is 1.46 bits per heavy atom. The Hall–Kier alpha value is -2.76. The van der Waals surface area contributed by atoms with E-state index in [-0.39, 0.29) is 0 Å². The van der Waals surface area contributed by atoms with Crippen molar-refractivity contribution in [3.8, 4) is 11.5 Å². The van der Waals surface area contributed by atoms with Crippen LogP contribution in [0.15, 0.2) is 47.6 Å². The van der Waals surface area contributed by atoms with Crippen LogP contribution in [0.2, 0.25) is 0 Å². The van der Waals surface area contributed by atoms with Crippen molar-refractivity contribution in [2.75, 3.05) is 13.2 Å². The molecule has 0 aliphatic rings. The summed E-state index contributed by atoms with van der Waals surface area (Å²) in [5, 5.41) is 17.4. The lowest BCUT2D eigenvalue weighted by Crippen LogP contribution is -2.00. The number of carboxylic acid groups (broad SMARTS) is 2. The molecule has 0 saturated carbocycles. The van der Waals surface area contributed by atoms with Gasteiger partial charge in [0.25, 0.3) is 0 Å². The lowest BCUT2D eigenvalue weighted by atomic mass is 10.2. The van der Waals surface area contributed by atoms with Crippen molar-refractivity contribution >= 4 is 11.9 Å². The first-order chi connectivity index (χ1) is 11.4. The molecule has 24 heavy (non-hydrogen) atoms. The predicted molar refractivity (Wildman–Crippen MR) is 89.5 cm³/mol. The van der Waals surface area contributed by atoms with Gasteiger partial charge in [-0.05, 0) is 38.1 Å². The number of benzene rings is 1. The molecule has 1 rings (SSSR count). The van der Waals surface area contributed by atoms with Crippen LogP contribution >= 0.6 is 0 Å². The second-order valence-corrected chi connectivity index (χ2v) is 5.13. The van der Waals surface area contributed by atoms with Crippen molar-refractivity contribution < 1.29 is 29.3 Å². The van der Waals surface area contributed by atoms with Gasteiger partial charge in [0, 0.05) is 24.0 Å². The molecule has 2 N–H and O–H groups in total. The number of carboxylic acids is 2. The van der Waals surface area contributed by atoms with Crippen LogP contribution in [0.5, 0.6) is 11.5 Å². The van der Waals surface area contributed by atoms with E-state index in [1.165, 1.54) is 0 Å². The molecule has 0 amide bonds. The lowest BCUT2D eigenvalue weighted by molar-refractivity contribution is -0.133. The van der Waals surface area contributed by atoms with Crippen molar-refractivity contribution in [1.29, 1.82) is 0 Å². The maximum absolute atomic E-state index is 10.6. The third-order valence-corrected chi connectivity index (χ3v) is 3.17. The molecule has 0 unspecified atom stereocenters. The Morgan fingerprint density at radius 2 is 1.17 bits per heavy atom. The molecule has 6 nitrogen and oxygen atoms in total. The van der Waals surface area contributed by atoms with Crippen molar-refractivity contribution in [3.63, 3.8) is 0 Å². The highest BCUT2D eigenvalue weighted by Crippen LogP contribution is 2.18. The molecule has 0 spiro atoms. The second-order valence-electron chi connectivity index (χ2n) is 5.13. The molecule has 0 aliphatic carbocycles. The topological polar surface area (TPSA) is 93.1 Å². The molecule has 6 heteroatoms. The summed E-state index contributed by atoms with van der Waals surface area (Å²) in [5.74, 6) is -0.509. The Bertz CT molecular complexity index is 558. The fourth-order valence-corrected chi connectivity index (χ4v) is 1.71. The molecule has 0 bridgehead atoms. The summed E-state index contributed by atoms with van der Waals surface area (Å²) in [7, 11) is 0. The third-order valence-electron chi connectivity index (χ3n) is 3.17. The van der Waals surface area contributed by atoms with Crippen LogP contribution in [0, 0.1) is 0 Å². The molecule has 1 aromatic carbocycles. The number of ether oxygens (including phenoxy) is 2. The highest BCUT2D eigenvalue weighted by atomic mass is 16.5. The highest BCUT2D eigenvalue weighted by molar-refractivity contribution is 5.86. The van der Waals surface area contributed by atoms with Gasteiger partial charge < -0.3 is 19.7 Å². The van der Waals surface area contributed by atoms with E-state index in [0.29, 0.717) is 48.7 Å². The Kier molecular flexibility index (Phi) is 8.11. The maximum Gasteiger partial charge on any atom is 0.330 e. The van der Waals surface area contributed by atoms with E-state index >= 15 is 0 Å². The lowest BCUT2D eigenvalue weighted by Gasteiger charge is -2.07. The highest BCUT2D eigenvalue weighted by Gasteiger charge is 2.00. The third kappa shape index (κ3) is 7.49. The van der Waals surface area contributed by atoms with Crippen LogP contribution in [0.3, 0.4) is 0 Å². The summed E-state index contributed by atoms with van der Waals surface area (Å²) in [5.41, 5.74) is 0.601. The fourth-order valence-electron chi connectivity index (χ4n) is 1.71. The Labute approximate surface area is 141 Å². The van der Waals surface area contributed by atoms with Crippen molar-refractivity contribution in [2.45, 2.75) is 26.7 Å². The van der Waals surface area contributed by atoms with Crippen molar-refractivity contribution in [1.82, 2.24) is 0 Å². The smallest absolute Gasteiger partial charge is 0.330 e. The van der Waals surface area contributed by atoms with Gasteiger partial charge in [-0.25, -0.2) is 9.59 Å². The minimum Gasteiger partial charge on any atom is -0.493 e. The summed E-state index contributed by atoms with van der Waals surface area (Å²) in [6.07, 6.45) is 4.27. The van der Waals surface area contributed by atoms with E-state index in [2.05, 4.69) is 0 Å². The normalized spacial score (nSPS) is 11.9.